The van der Waals surface area contributed by atoms with Crippen molar-refractivity contribution >= 4 is 16.8 Å². The molecule has 0 aliphatic rings. The van der Waals surface area contributed by atoms with Gasteiger partial charge in [-0.15, -0.1) is 0 Å². The minimum atomic E-state index is -2.42. The second-order valence-electron chi connectivity index (χ2n) is 2.44. The van der Waals surface area contributed by atoms with Gasteiger partial charge in [0.05, 0.1) is 4.92 Å². The van der Waals surface area contributed by atoms with Crippen LogP contribution in [0, 0.1) is 17.0 Å². The molecule has 0 spiro atoms. The molecule has 0 heterocycles. The SMILES string of the molecule is Cc1ccc(S(=O)[O-])cc1[N+](=O)[O-].[Na+]. The average Bonchev–Trinajstić information content (AvgIpc) is 2.04. The molecule has 1 aromatic rings. The Balaban J connectivity index is 0.00000169. The van der Waals surface area contributed by atoms with Gasteiger partial charge in [0.2, 0.25) is 0 Å². The molecule has 0 N–H and O–H groups in total. The normalized spacial score (nSPS) is 11.6. The molecule has 0 radical (unpaired) electrons. The van der Waals surface area contributed by atoms with E-state index in [0.717, 1.165) is 6.07 Å². The minimum absolute atomic E-state index is 0. The third kappa shape index (κ3) is 3.14. The van der Waals surface area contributed by atoms with E-state index in [4.69, 9.17) is 0 Å². The summed E-state index contributed by atoms with van der Waals surface area (Å²) in [5, 5.41) is 10.4. The van der Waals surface area contributed by atoms with E-state index in [1.165, 1.54) is 12.1 Å². The molecule has 14 heavy (non-hydrogen) atoms. The van der Waals surface area contributed by atoms with E-state index in [-0.39, 0.29) is 40.1 Å². The Kier molecular flexibility index (Phi) is 5.46. The van der Waals surface area contributed by atoms with Crippen LogP contribution in [0.1, 0.15) is 5.56 Å². The van der Waals surface area contributed by atoms with Gasteiger partial charge in [0.15, 0.2) is 0 Å². The molecule has 0 saturated carbocycles. The van der Waals surface area contributed by atoms with E-state index >= 15 is 0 Å². The van der Waals surface area contributed by atoms with Crippen LogP contribution in [0.5, 0.6) is 0 Å². The van der Waals surface area contributed by atoms with Gasteiger partial charge in [-0.25, -0.2) is 0 Å². The molecule has 0 fully saturated rings. The number of nitro benzene ring substituents is 1. The summed E-state index contributed by atoms with van der Waals surface area (Å²) in [4.78, 5) is 9.72. The van der Waals surface area contributed by atoms with Crippen molar-refractivity contribution in [3.8, 4) is 0 Å². The van der Waals surface area contributed by atoms with Crippen molar-refractivity contribution in [2.24, 2.45) is 0 Å². The molecule has 0 aliphatic heterocycles. The molecule has 1 aromatic carbocycles. The Labute approximate surface area is 105 Å². The predicted molar refractivity (Wildman–Crippen MR) is 45.0 cm³/mol. The Hall–Kier alpha value is -0.270. The number of hydrogen-bond donors (Lipinski definition) is 0. The van der Waals surface area contributed by atoms with Crippen LogP contribution in [0.4, 0.5) is 5.69 Å². The summed E-state index contributed by atoms with van der Waals surface area (Å²) in [7, 11) is 0. The number of nitrogens with zero attached hydrogens (tertiary/aromatic N) is 1. The van der Waals surface area contributed by atoms with Crippen LogP contribution < -0.4 is 29.6 Å². The third-order valence-corrected chi connectivity index (χ3v) is 2.21. The zero-order chi connectivity index (χ0) is 10.0. The van der Waals surface area contributed by atoms with Crippen molar-refractivity contribution in [3.05, 3.63) is 33.9 Å². The van der Waals surface area contributed by atoms with Crippen molar-refractivity contribution < 1.29 is 43.2 Å². The average molecular weight is 223 g/mol. The number of benzene rings is 1. The Morgan fingerprint density at radius 3 is 2.43 bits per heavy atom. The van der Waals surface area contributed by atoms with Crippen molar-refractivity contribution in [1.29, 1.82) is 0 Å². The quantitative estimate of drug-likeness (QED) is 0.255. The second kappa shape index (κ2) is 5.57. The van der Waals surface area contributed by atoms with Crippen LogP contribution in [0.3, 0.4) is 0 Å². The van der Waals surface area contributed by atoms with E-state index in [0.29, 0.717) is 5.56 Å². The van der Waals surface area contributed by atoms with Gasteiger partial charge < -0.3 is 4.55 Å². The van der Waals surface area contributed by atoms with E-state index in [2.05, 4.69) is 0 Å². The molecular formula is C7H6NNaO4S. The molecule has 5 nitrogen and oxygen atoms in total. The van der Waals surface area contributed by atoms with Crippen molar-refractivity contribution in [2.45, 2.75) is 11.8 Å². The molecule has 0 bridgehead atoms. The fourth-order valence-electron chi connectivity index (χ4n) is 0.890. The third-order valence-electron chi connectivity index (χ3n) is 1.57. The van der Waals surface area contributed by atoms with Gasteiger partial charge in [0.25, 0.3) is 5.69 Å². The van der Waals surface area contributed by atoms with Gasteiger partial charge in [0.1, 0.15) is 0 Å². The first-order valence-electron chi connectivity index (χ1n) is 3.36. The minimum Gasteiger partial charge on any atom is -0.768 e. The van der Waals surface area contributed by atoms with Crippen LogP contribution in [0.2, 0.25) is 0 Å². The first-order chi connectivity index (χ1) is 6.02. The molecule has 0 aromatic heterocycles. The largest absolute Gasteiger partial charge is 1.00 e. The van der Waals surface area contributed by atoms with Gasteiger partial charge in [-0.05, 0) is 24.1 Å². The summed E-state index contributed by atoms with van der Waals surface area (Å²) < 4.78 is 20.9. The summed E-state index contributed by atoms with van der Waals surface area (Å²) >= 11 is -2.42. The number of nitro groups is 1. The monoisotopic (exact) mass is 223 g/mol. The molecule has 1 unspecified atom stereocenters. The molecule has 70 valence electrons. The molecule has 0 amide bonds. The first kappa shape index (κ1) is 13.7. The Morgan fingerprint density at radius 2 is 2.00 bits per heavy atom. The van der Waals surface area contributed by atoms with Crippen LogP contribution >= 0.6 is 0 Å². The molecule has 1 atom stereocenters. The topological polar surface area (TPSA) is 83.3 Å². The smallest absolute Gasteiger partial charge is 0.768 e. The van der Waals surface area contributed by atoms with Crippen molar-refractivity contribution in [2.75, 3.05) is 0 Å². The molecule has 0 aliphatic carbocycles. The molecule has 1 rings (SSSR count). The van der Waals surface area contributed by atoms with Crippen LogP contribution in [0.15, 0.2) is 23.1 Å². The predicted octanol–water partition coefficient (Wildman–Crippen LogP) is -1.85. The summed E-state index contributed by atoms with van der Waals surface area (Å²) in [6.45, 7) is 1.55. The molecular weight excluding hydrogens is 217 g/mol. The van der Waals surface area contributed by atoms with Crippen LogP contribution in [-0.4, -0.2) is 13.7 Å². The standard InChI is InChI=1S/C7H7NO4S.Na/c1-5-2-3-6(13(11)12)4-7(5)8(9)10;/h2-4H,1H3,(H,11,12);/q;+1/p-1. The Morgan fingerprint density at radius 1 is 1.43 bits per heavy atom. The van der Waals surface area contributed by atoms with Gasteiger partial charge in [-0.2, -0.15) is 0 Å². The summed E-state index contributed by atoms with van der Waals surface area (Å²) in [6, 6.07) is 3.77. The van der Waals surface area contributed by atoms with E-state index in [1.54, 1.807) is 6.92 Å². The van der Waals surface area contributed by atoms with E-state index in [9.17, 15) is 18.9 Å². The van der Waals surface area contributed by atoms with Gasteiger partial charge in [-0.1, -0.05) is 6.07 Å². The summed E-state index contributed by atoms with van der Waals surface area (Å²) in [5.74, 6) is 0. The number of aryl methyl sites for hydroxylation is 1. The number of hydrogen-bond acceptors (Lipinski definition) is 4. The maximum absolute atomic E-state index is 10.5. The summed E-state index contributed by atoms with van der Waals surface area (Å²) in [6.07, 6.45) is 0. The first-order valence-corrected chi connectivity index (χ1v) is 4.44. The van der Waals surface area contributed by atoms with Crippen molar-refractivity contribution in [3.63, 3.8) is 0 Å². The Bertz CT molecular complexity index is 382. The maximum atomic E-state index is 10.5. The van der Waals surface area contributed by atoms with Crippen molar-refractivity contribution in [1.82, 2.24) is 0 Å². The van der Waals surface area contributed by atoms with Gasteiger partial charge in [-0.3, -0.25) is 14.3 Å². The second-order valence-corrected chi connectivity index (χ2v) is 3.38. The van der Waals surface area contributed by atoms with E-state index in [1.807, 2.05) is 0 Å². The van der Waals surface area contributed by atoms with Gasteiger partial charge >= 0.3 is 29.6 Å². The van der Waals surface area contributed by atoms with Crippen LogP contribution in [0.25, 0.3) is 0 Å². The fourth-order valence-corrected chi connectivity index (χ4v) is 1.28. The zero-order valence-corrected chi connectivity index (χ0v) is 10.5. The zero-order valence-electron chi connectivity index (χ0n) is 7.72. The van der Waals surface area contributed by atoms with Gasteiger partial charge in [0, 0.05) is 16.5 Å². The molecule has 7 heteroatoms. The fraction of sp³-hybridized carbons (Fsp3) is 0.143. The molecule has 0 saturated heterocycles. The number of rotatable bonds is 2. The maximum Gasteiger partial charge on any atom is 1.00 e. The summed E-state index contributed by atoms with van der Waals surface area (Å²) in [5.41, 5.74) is 0.265. The van der Waals surface area contributed by atoms with Crippen LogP contribution in [-0.2, 0) is 11.1 Å². The van der Waals surface area contributed by atoms with E-state index < -0.39 is 16.0 Å².